The van der Waals surface area contributed by atoms with Crippen LogP contribution in [0.1, 0.15) is 24.1 Å². The second kappa shape index (κ2) is 9.31. The van der Waals surface area contributed by atoms with Gasteiger partial charge < -0.3 is 5.32 Å². The molecule has 3 aromatic rings. The van der Waals surface area contributed by atoms with Gasteiger partial charge in [-0.1, -0.05) is 72.3 Å². The van der Waals surface area contributed by atoms with Crippen LogP contribution in [0.25, 0.3) is 0 Å². The van der Waals surface area contributed by atoms with Crippen LogP contribution in [0.2, 0.25) is 5.02 Å². The van der Waals surface area contributed by atoms with Gasteiger partial charge in [-0.25, -0.2) is 4.98 Å². The summed E-state index contributed by atoms with van der Waals surface area (Å²) in [5, 5.41) is 6.80. The highest BCUT2D eigenvalue weighted by atomic mass is 35.5. The molecule has 2 N–H and O–H groups in total. The fraction of sp³-hybridized carbons (Fsp3) is 0.182. The van der Waals surface area contributed by atoms with Crippen molar-refractivity contribution in [3.05, 3.63) is 95.1 Å². The number of rotatable bonds is 7. The van der Waals surface area contributed by atoms with E-state index in [1.807, 2.05) is 43.3 Å². The molecule has 2 atom stereocenters. The molecule has 2 aromatic carbocycles. The first kappa shape index (κ1) is 19.1. The first-order valence-electron chi connectivity index (χ1n) is 8.89. The molecule has 0 aliphatic rings. The maximum Gasteiger partial charge on any atom is 0.242 e. The van der Waals surface area contributed by atoms with Crippen molar-refractivity contribution in [3.8, 4) is 0 Å². The van der Waals surface area contributed by atoms with E-state index >= 15 is 0 Å². The van der Waals surface area contributed by atoms with Crippen LogP contribution < -0.4 is 10.6 Å². The van der Waals surface area contributed by atoms with Crippen LogP contribution in [-0.4, -0.2) is 16.9 Å². The normalized spacial score (nSPS) is 13.0. The first-order valence-corrected chi connectivity index (χ1v) is 9.27. The number of hydrogen-bond donors (Lipinski definition) is 2. The van der Waals surface area contributed by atoms with E-state index in [1.165, 1.54) is 11.8 Å². The van der Waals surface area contributed by atoms with Gasteiger partial charge in [0.05, 0.1) is 11.1 Å². The summed E-state index contributed by atoms with van der Waals surface area (Å²) in [5.41, 5.74) is 2.36. The molecule has 1 aromatic heterocycles. The molecule has 1 amide bonds. The molecule has 0 aliphatic carbocycles. The number of nitrogens with zero attached hydrogens (tertiary/aromatic N) is 1. The Kier molecular flexibility index (Phi) is 6.58. The number of benzene rings is 2. The van der Waals surface area contributed by atoms with Crippen LogP contribution in [0.3, 0.4) is 0 Å². The number of halogens is 1. The molecule has 0 saturated carbocycles. The Labute approximate surface area is 164 Å². The van der Waals surface area contributed by atoms with Crippen molar-refractivity contribution in [1.29, 1.82) is 0 Å². The zero-order valence-corrected chi connectivity index (χ0v) is 15.9. The number of carbonyl (C=O) groups is 1. The second-order valence-electron chi connectivity index (χ2n) is 6.39. The maximum absolute atomic E-state index is 12.6. The summed E-state index contributed by atoms with van der Waals surface area (Å²) in [6.45, 7) is 1.85. The van der Waals surface area contributed by atoms with Gasteiger partial charge in [-0.05, 0) is 36.6 Å². The van der Waals surface area contributed by atoms with Gasteiger partial charge in [-0.2, -0.15) is 0 Å². The van der Waals surface area contributed by atoms with Crippen LogP contribution >= 0.6 is 11.6 Å². The minimum Gasteiger partial charge on any atom is -0.309 e. The van der Waals surface area contributed by atoms with E-state index in [1.54, 1.807) is 12.1 Å². The minimum absolute atomic E-state index is 0.0209. The van der Waals surface area contributed by atoms with Gasteiger partial charge in [0, 0.05) is 12.2 Å². The molecule has 5 heteroatoms. The molecule has 27 heavy (non-hydrogen) atoms. The van der Waals surface area contributed by atoms with Crippen molar-refractivity contribution in [1.82, 2.24) is 10.3 Å². The van der Waals surface area contributed by atoms with Crippen molar-refractivity contribution >= 4 is 23.3 Å². The maximum atomic E-state index is 12.6. The van der Waals surface area contributed by atoms with Gasteiger partial charge in [-0.15, -0.1) is 0 Å². The van der Waals surface area contributed by atoms with Gasteiger partial charge in [0.2, 0.25) is 5.91 Å². The lowest BCUT2D eigenvalue weighted by Crippen LogP contribution is -2.41. The van der Waals surface area contributed by atoms with Gasteiger partial charge in [-0.3, -0.25) is 10.1 Å². The molecule has 0 fully saturated rings. The molecule has 0 aliphatic heterocycles. The standard InChI is InChI=1S/C22H22ClN3O/c1-16(22(27)26-21-13-12-19(23)15-24-21)25-20(18-10-6-3-7-11-18)14-17-8-4-2-5-9-17/h2-13,15-16,20,25H,14H2,1H3,(H,24,26,27)/t16-,20+/m1/s1. The third-order valence-corrected chi connectivity index (χ3v) is 4.53. The van der Waals surface area contributed by atoms with Crippen molar-refractivity contribution < 1.29 is 4.79 Å². The number of pyridine rings is 1. The van der Waals surface area contributed by atoms with Gasteiger partial charge >= 0.3 is 0 Å². The number of nitrogens with one attached hydrogen (secondary N) is 2. The summed E-state index contributed by atoms with van der Waals surface area (Å²) in [7, 11) is 0. The molecule has 0 bridgehead atoms. The van der Waals surface area contributed by atoms with Crippen molar-refractivity contribution in [2.75, 3.05) is 5.32 Å². The minimum atomic E-state index is -0.392. The highest BCUT2D eigenvalue weighted by molar-refractivity contribution is 6.30. The van der Waals surface area contributed by atoms with Crippen LogP contribution in [0.15, 0.2) is 79.0 Å². The van der Waals surface area contributed by atoms with Crippen LogP contribution in [0.4, 0.5) is 5.82 Å². The highest BCUT2D eigenvalue weighted by Gasteiger charge is 2.20. The third kappa shape index (κ3) is 5.64. The molecule has 138 valence electrons. The molecule has 0 radical (unpaired) electrons. The summed E-state index contributed by atoms with van der Waals surface area (Å²) < 4.78 is 0. The predicted molar refractivity (Wildman–Crippen MR) is 110 cm³/mol. The zero-order valence-electron chi connectivity index (χ0n) is 15.1. The van der Waals surface area contributed by atoms with Gasteiger partial charge in [0.15, 0.2) is 0 Å². The Hall–Kier alpha value is -2.69. The fourth-order valence-corrected chi connectivity index (χ4v) is 2.98. The zero-order chi connectivity index (χ0) is 19.1. The predicted octanol–water partition coefficient (Wildman–Crippen LogP) is 4.64. The van der Waals surface area contributed by atoms with Crippen LogP contribution in [0, 0.1) is 0 Å². The Morgan fingerprint density at radius 3 is 2.30 bits per heavy atom. The molecule has 1 heterocycles. The average molecular weight is 380 g/mol. The molecule has 0 spiro atoms. The lowest BCUT2D eigenvalue weighted by atomic mass is 9.98. The molecule has 4 nitrogen and oxygen atoms in total. The Morgan fingerprint density at radius 2 is 1.67 bits per heavy atom. The largest absolute Gasteiger partial charge is 0.309 e. The monoisotopic (exact) mass is 379 g/mol. The van der Waals surface area contributed by atoms with E-state index in [0.717, 1.165) is 12.0 Å². The van der Waals surface area contributed by atoms with E-state index in [-0.39, 0.29) is 11.9 Å². The Balaban J connectivity index is 1.70. The molecular formula is C22H22ClN3O. The van der Waals surface area contributed by atoms with Gasteiger partial charge in [0.25, 0.3) is 0 Å². The fourth-order valence-electron chi connectivity index (χ4n) is 2.87. The summed E-state index contributed by atoms with van der Waals surface area (Å²) in [6, 6.07) is 23.4. The number of anilines is 1. The molecular weight excluding hydrogens is 358 g/mol. The SMILES string of the molecule is C[C@@H](N[C@@H](Cc1ccccc1)c1ccccc1)C(=O)Nc1ccc(Cl)cn1. The van der Waals surface area contributed by atoms with Crippen LogP contribution in [-0.2, 0) is 11.2 Å². The highest BCUT2D eigenvalue weighted by Crippen LogP contribution is 2.19. The van der Waals surface area contributed by atoms with E-state index in [4.69, 9.17) is 11.6 Å². The third-order valence-electron chi connectivity index (χ3n) is 4.31. The molecule has 0 saturated heterocycles. The molecule has 3 rings (SSSR count). The van der Waals surface area contributed by atoms with Crippen LogP contribution in [0.5, 0.6) is 0 Å². The summed E-state index contributed by atoms with van der Waals surface area (Å²) in [5.74, 6) is 0.344. The van der Waals surface area contributed by atoms with Crippen molar-refractivity contribution in [3.63, 3.8) is 0 Å². The smallest absolute Gasteiger partial charge is 0.242 e. The average Bonchev–Trinajstić information content (AvgIpc) is 2.70. The Bertz CT molecular complexity index is 854. The first-order chi connectivity index (χ1) is 13.1. The quantitative estimate of drug-likeness (QED) is 0.629. The lowest BCUT2D eigenvalue weighted by molar-refractivity contribution is -0.118. The number of amides is 1. The number of carbonyl (C=O) groups excluding carboxylic acids is 1. The summed E-state index contributed by atoms with van der Waals surface area (Å²) in [6.07, 6.45) is 2.30. The van der Waals surface area contributed by atoms with Crippen molar-refractivity contribution in [2.24, 2.45) is 0 Å². The Morgan fingerprint density at radius 1 is 1.00 bits per heavy atom. The van der Waals surface area contributed by atoms with E-state index < -0.39 is 6.04 Å². The van der Waals surface area contributed by atoms with Gasteiger partial charge in [0.1, 0.15) is 5.82 Å². The second-order valence-corrected chi connectivity index (χ2v) is 6.83. The van der Waals surface area contributed by atoms with Crippen molar-refractivity contribution in [2.45, 2.75) is 25.4 Å². The summed E-state index contributed by atoms with van der Waals surface area (Å²) >= 11 is 5.84. The lowest BCUT2D eigenvalue weighted by Gasteiger charge is -2.23. The molecule has 0 unspecified atom stereocenters. The van der Waals surface area contributed by atoms with E-state index in [2.05, 4.69) is 39.9 Å². The number of hydrogen-bond acceptors (Lipinski definition) is 3. The number of aromatic nitrogens is 1. The van der Waals surface area contributed by atoms with E-state index in [9.17, 15) is 4.79 Å². The summed E-state index contributed by atoms with van der Waals surface area (Å²) in [4.78, 5) is 16.7. The van der Waals surface area contributed by atoms with E-state index in [0.29, 0.717) is 10.8 Å². The topological polar surface area (TPSA) is 54.0 Å².